The van der Waals surface area contributed by atoms with E-state index in [0.717, 1.165) is 14.6 Å². The van der Waals surface area contributed by atoms with Crippen molar-refractivity contribution in [1.82, 2.24) is 14.5 Å². The molecule has 2 aromatic heterocycles. The Hall–Kier alpha value is -2.77. The standard InChI is InChI=1S/C20H13BrClN3O3/c1-10-23-19-17(20(28)25(10)9-16(26)27)14-8-13(22)6-7-15(14)24-18(19)11-2-4-12(21)5-3-11/h2-8H,9H2,1H3,(H,26,27). The van der Waals surface area contributed by atoms with Gasteiger partial charge in [-0.3, -0.25) is 14.2 Å². The fourth-order valence-corrected chi connectivity index (χ4v) is 3.62. The molecule has 1 N–H and O–H groups in total. The maximum absolute atomic E-state index is 13.2. The van der Waals surface area contributed by atoms with E-state index in [4.69, 9.17) is 16.6 Å². The number of fused-ring (bicyclic) bond motifs is 3. The summed E-state index contributed by atoms with van der Waals surface area (Å²) in [7, 11) is 0. The molecule has 0 spiro atoms. The van der Waals surface area contributed by atoms with Crippen LogP contribution in [0.25, 0.3) is 33.1 Å². The topological polar surface area (TPSA) is 85.1 Å². The Kier molecular flexibility index (Phi) is 4.64. The lowest BCUT2D eigenvalue weighted by Crippen LogP contribution is -2.27. The highest BCUT2D eigenvalue weighted by atomic mass is 79.9. The van der Waals surface area contributed by atoms with Crippen molar-refractivity contribution in [3.8, 4) is 11.3 Å². The van der Waals surface area contributed by atoms with E-state index in [2.05, 4.69) is 20.9 Å². The van der Waals surface area contributed by atoms with Gasteiger partial charge in [-0.15, -0.1) is 0 Å². The summed E-state index contributed by atoms with van der Waals surface area (Å²) in [6.07, 6.45) is 0. The van der Waals surface area contributed by atoms with Crippen molar-refractivity contribution in [3.05, 3.63) is 68.1 Å². The fourth-order valence-electron chi connectivity index (χ4n) is 3.19. The van der Waals surface area contributed by atoms with Gasteiger partial charge >= 0.3 is 5.97 Å². The molecule has 6 nitrogen and oxygen atoms in total. The van der Waals surface area contributed by atoms with Crippen LogP contribution >= 0.6 is 27.5 Å². The van der Waals surface area contributed by atoms with Crippen LogP contribution in [-0.2, 0) is 11.3 Å². The van der Waals surface area contributed by atoms with Gasteiger partial charge in [-0.05, 0) is 37.3 Å². The van der Waals surface area contributed by atoms with E-state index in [1.165, 1.54) is 0 Å². The Morgan fingerprint density at radius 1 is 1.18 bits per heavy atom. The van der Waals surface area contributed by atoms with Crippen LogP contribution in [0.5, 0.6) is 0 Å². The number of hydrogen-bond donors (Lipinski definition) is 1. The highest BCUT2D eigenvalue weighted by molar-refractivity contribution is 9.10. The SMILES string of the molecule is Cc1nc2c(-c3ccc(Br)cc3)nc3ccc(Cl)cc3c2c(=O)n1CC(=O)O. The number of aromatic nitrogens is 3. The van der Waals surface area contributed by atoms with Crippen LogP contribution in [0.15, 0.2) is 51.7 Å². The normalized spacial score (nSPS) is 11.2. The van der Waals surface area contributed by atoms with Gasteiger partial charge < -0.3 is 5.11 Å². The first-order chi connectivity index (χ1) is 13.3. The third-order valence-electron chi connectivity index (χ3n) is 4.46. The summed E-state index contributed by atoms with van der Waals surface area (Å²) in [6, 6.07) is 12.6. The smallest absolute Gasteiger partial charge is 0.323 e. The molecule has 0 bridgehead atoms. The number of aryl methyl sites for hydroxylation is 1. The lowest BCUT2D eigenvalue weighted by atomic mass is 10.0. The molecule has 4 rings (SSSR count). The zero-order chi connectivity index (χ0) is 20.0. The number of pyridine rings is 1. The summed E-state index contributed by atoms with van der Waals surface area (Å²) in [6.45, 7) is 1.14. The Morgan fingerprint density at radius 3 is 2.57 bits per heavy atom. The molecule has 2 heterocycles. The number of carbonyl (C=O) groups is 1. The summed E-state index contributed by atoms with van der Waals surface area (Å²) in [5.41, 5.74) is 1.92. The number of aliphatic carboxylic acids is 1. The number of nitrogens with zero attached hydrogens (tertiary/aromatic N) is 3. The number of hydrogen-bond acceptors (Lipinski definition) is 4. The van der Waals surface area contributed by atoms with E-state index in [1.54, 1.807) is 25.1 Å². The third kappa shape index (κ3) is 3.16. The number of halogens is 2. The van der Waals surface area contributed by atoms with Gasteiger partial charge in [0.15, 0.2) is 0 Å². The maximum atomic E-state index is 13.2. The second-order valence-corrected chi connectivity index (χ2v) is 7.65. The molecule has 0 aliphatic carbocycles. The van der Waals surface area contributed by atoms with E-state index in [9.17, 15) is 14.7 Å². The summed E-state index contributed by atoms with van der Waals surface area (Å²) in [5, 5.41) is 10.5. The van der Waals surface area contributed by atoms with E-state index in [-0.39, 0.29) is 0 Å². The number of carboxylic acids is 1. The molecule has 140 valence electrons. The van der Waals surface area contributed by atoms with Crippen LogP contribution in [0.1, 0.15) is 5.82 Å². The first kappa shape index (κ1) is 18.6. The summed E-state index contributed by atoms with van der Waals surface area (Å²) >= 11 is 9.56. The summed E-state index contributed by atoms with van der Waals surface area (Å²) < 4.78 is 2.07. The number of rotatable bonds is 3. The zero-order valence-corrected chi connectivity index (χ0v) is 17.0. The molecular formula is C20H13BrClN3O3. The van der Waals surface area contributed by atoms with Crippen LogP contribution in [0.2, 0.25) is 5.02 Å². The van der Waals surface area contributed by atoms with Crippen molar-refractivity contribution < 1.29 is 9.90 Å². The van der Waals surface area contributed by atoms with Crippen molar-refractivity contribution in [3.63, 3.8) is 0 Å². The average molecular weight is 459 g/mol. The van der Waals surface area contributed by atoms with Crippen molar-refractivity contribution in [1.29, 1.82) is 0 Å². The van der Waals surface area contributed by atoms with Crippen molar-refractivity contribution in [2.75, 3.05) is 0 Å². The molecular weight excluding hydrogens is 446 g/mol. The Bertz CT molecular complexity index is 1320. The van der Waals surface area contributed by atoms with Crippen LogP contribution in [-0.4, -0.2) is 25.6 Å². The molecule has 0 radical (unpaired) electrons. The maximum Gasteiger partial charge on any atom is 0.323 e. The molecule has 0 aliphatic heterocycles. The number of carboxylic acid groups (broad SMARTS) is 1. The van der Waals surface area contributed by atoms with Crippen LogP contribution < -0.4 is 5.56 Å². The third-order valence-corrected chi connectivity index (χ3v) is 5.22. The molecule has 0 saturated carbocycles. The van der Waals surface area contributed by atoms with E-state index >= 15 is 0 Å². The lowest BCUT2D eigenvalue weighted by Gasteiger charge is -2.13. The van der Waals surface area contributed by atoms with Crippen molar-refractivity contribution in [2.45, 2.75) is 13.5 Å². The predicted molar refractivity (Wildman–Crippen MR) is 112 cm³/mol. The largest absolute Gasteiger partial charge is 0.480 e. The van der Waals surface area contributed by atoms with Gasteiger partial charge in [0, 0.05) is 20.4 Å². The predicted octanol–water partition coefficient (Wildman–Crippen LogP) is 4.42. The lowest BCUT2D eigenvalue weighted by molar-refractivity contribution is -0.137. The van der Waals surface area contributed by atoms with Crippen LogP contribution in [0.4, 0.5) is 0 Å². The van der Waals surface area contributed by atoms with Gasteiger partial charge in [0.1, 0.15) is 17.9 Å². The molecule has 8 heteroatoms. The van der Waals surface area contributed by atoms with E-state index in [1.807, 2.05) is 24.3 Å². The molecule has 0 aliphatic rings. The minimum absolute atomic E-state index is 0.303. The van der Waals surface area contributed by atoms with Crippen molar-refractivity contribution in [2.24, 2.45) is 0 Å². The number of benzene rings is 2. The minimum Gasteiger partial charge on any atom is -0.480 e. The molecule has 0 fully saturated rings. The van der Waals surface area contributed by atoms with Crippen LogP contribution in [0.3, 0.4) is 0 Å². The molecule has 28 heavy (non-hydrogen) atoms. The first-order valence-corrected chi connectivity index (χ1v) is 9.50. The quantitative estimate of drug-likeness (QED) is 0.459. The fraction of sp³-hybridized carbons (Fsp3) is 0.100. The highest BCUT2D eigenvalue weighted by Gasteiger charge is 2.19. The molecule has 0 saturated heterocycles. The van der Waals surface area contributed by atoms with Crippen LogP contribution in [0, 0.1) is 6.92 Å². The minimum atomic E-state index is -1.11. The van der Waals surface area contributed by atoms with Gasteiger partial charge in [0.25, 0.3) is 5.56 Å². The highest BCUT2D eigenvalue weighted by Crippen LogP contribution is 2.31. The van der Waals surface area contributed by atoms with E-state index < -0.39 is 18.1 Å². The Labute approximate surface area is 172 Å². The van der Waals surface area contributed by atoms with Crippen molar-refractivity contribution >= 4 is 55.3 Å². The summed E-state index contributed by atoms with van der Waals surface area (Å²) in [4.78, 5) is 33.7. The van der Waals surface area contributed by atoms with Gasteiger partial charge in [-0.1, -0.05) is 39.7 Å². The van der Waals surface area contributed by atoms with E-state index in [0.29, 0.717) is 38.3 Å². The molecule has 4 aromatic rings. The monoisotopic (exact) mass is 457 g/mol. The Morgan fingerprint density at radius 2 is 1.89 bits per heavy atom. The summed E-state index contributed by atoms with van der Waals surface area (Å²) in [5.74, 6) is -0.808. The second-order valence-electron chi connectivity index (χ2n) is 6.30. The van der Waals surface area contributed by atoms with Gasteiger partial charge in [0.2, 0.25) is 0 Å². The Balaban J connectivity index is 2.19. The van der Waals surface area contributed by atoms with Gasteiger partial charge in [-0.2, -0.15) is 0 Å². The second kappa shape index (κ2) is 7.00. The molecule has 0 unspecified atom stereocenters. The molecule has 2 aromatic carbocycles. The van der Waals surface area contributed by atoms with Gasteiger partial charge in [-0.25, -0.2) is 9.97 Å². The van der Waals surface area contributed by atoms with Gasteiger partial charge in [0.05, 0.1) is 16.6 Å². The first-order valence-electron chi connectivity index (χ1n) is 8.33. The zero-order valence-electron chi connectivity index (χ0n) is 14.6. The molecule has 0 amide bonds. The molecule has 0 atom stereocenters. The average Bonchev–Trinajstić information content (AvgIpc) is 2.65.